The molecule has 0 saturated carbocycles. The summed E-state index contributed by atoms with van der Waals surface area (Å²) in [6.07, 6.45) is 5.30. The third-order valence-corrected chi connectivity index (χ3v) is 4.50. The Morgan fingerprint density at radius 2 is 2.24 bits per heavy atom. The topological polar surface area (TPSA) is 82.8 Å². The molecule has 25 heavy (non-hydrogen) atoms. The van der Waals surface area contributed by atoms with E-state index in [4.69, 9.17) is 8.94 Å². The Kier molecular flexibility index (Phi) is 5.70. The lowest BCUT2D eigenvalue weighted by molar-refractivity contribution is 0.383. The largest absolute Gasteiger partial charge is 0.461 e. The molecule has 8 heteroatoms. The van der Waals surface area contributed by atoms with Gasteiger partial charge in [0.05, 0.1) is 12.0 Å². The van der Waals surface area contributed by atoms with Gasteiger partial charge in [-0.15, -0.1) is 16.8 Å². The summed E-state index contributed by atoms with van der Waals surface area (Å²) < 4.78 is 12.7. The average Bonchev–Trinajstić information content (AvgIpc) is 3.32. The Labute approximate surface area is 150 Å². The molecule has 3 aromatic rings. The van der Waals surface area contributed by atoms with E-state index in [1.165, 1.54) is 11.8 Å². The molecule has 0 aromatic carbocycles. The summed E-state index contributed by atoms with van der Waals surface area (Å²) in [6, 6.07) is 3.68. The molecular weight excluding hydrogens is 338 g/mol. The highest BCUT2D eigenvalue weighted by atomic mass is 32.2. The van der Waals surface area contributed by atoms with Gasteiger partial charge in [0.25, 0.3) is 0 Å². The van der Waals surface area contributed by atoms with Crippen LogP contribution in [-0.2, 0) is 18.7 Å². The van der Waals surface area contributed by atoms with Crippen molar-refractivity contribution in [3.8, 4) is 11.6 Å². The van der Waals surface area contributed by atoms with Gasteiger partial charge >= 0.3 is 0 Å². The minimum Gasteiger partial charge on any atom is -0.461 e. The molecule has 132 valence electrons. The van der Waals surface area contributed by atoms with Gasteiger partial charge in [0.2, 0.25) is 11.7 Å². The number of thioether (sulfide) groups is 1. The standard InChI is InChI=1S/C17H21N5O2S/c1-4-9-22-16(13-6-5-10-23-13)19-20-17(22)25-11-15-18-14(21-24-15)8-7-12(2)3/h4-6,10,12H,1,7-9,11H2,2-3H3. The highest BCUT2D eigenvalue weighted by Gasteiger charge is 2.17. The molecule has 0 spiro atoms. The summed E-state index contributed by atoms with van der Waals surface area (Å²) in [5.41, 5.74) is 0. The predicted octanol–water partition coefficient (Wildman–Crippen LogP) is 3.99. The molecule has 0 N–H and O–H groups in total. The second-order valence-corrected chi connectivity index (χ2v) is 6.95. The van der Waals surface area contributed by atoms with Crippen LogP contribution in [0.4, 0.5) is 0 Å². The quantitative estimate of drug-likeness (QED) is 0.422. The lowest BCUT2D eigenvalue weighted by Crippen LogP contribution is -2.00. The molecule has 0 aliphatic rings. The van der Waals surface area contributed by atoms with Gasteiger partial charge in [0.1, 0.15) is 0 Å². The highest BCUT2D eigenvalue weighted by molar-refractivity contribution is 7.98. The van der Waals surface area contributed by atoms with Crippen molar-refractivity contribution < 1.29 is 8.94 Å². The van der Waals surface area contributed by atoms with Crippen LogP contribution in [0.2, 0.25) is 0 Å². The van der Waals surface area contributed by atoms with Crippen molar-refractivity contribution in [1.29, 1.82) is 0 Å². The molecule has 0 amide bonds. The van der Waals surface area contributed by atoms with Crippen LogP contribution >= 0.6 is 11.8 Å². The SMILES string of the molecule is C=CCn1c(SCc2nc(CCC(C)C)no2)nnc1-c1ccco1. The van der Waals surface area contributed by atoms with Gasteiger partial charge < -0.3 is 8.94 Å². The fourth-order valence-corrected chi connectivity index (χ4v) is 3.06. The Bertz CT molecular complexity index is 807. The minimum atomic E-state index is 0.544. The van der Waals surface area contributed by atoms with E-state index < -0.39 is 0 Å². The zero-order chi connectivity index (χ0) is 17.6. The fraction of sp³-hybridized carbons (Fsp3) is 0.412. The van der Waals surface area contributed by atoms with E-state index in [-0.39, 0.29) is 0 Å². The first kappa shape index (κ1) is 17.5. The molecule has 0 radical (unpaired) electrons. The summed E-state index contributed by atoms with van der Waals surface area (Å²) in [5, 5.41) is 13.3. The zero-order valence-electron chi connectivity index (χ0n) is 14.4. The molecule has 0 aliphatic heterocycles. The van der Waals surface area contributed by atoms with E-state index in [2.05, 4.69) is 40.8 Å². The number of allylic oxidation sites excluding steroid dienone is 1. The van der Waals surface area contributed by atoms with Crippen molar-refractivity contribution in [3.05, 3.63) is 42.8 Å². The molecule has 0 fully saturated rings. The molecule has 0 aliphatic carbocycles. The van der Waals surface area contributed by atoms with Crippen LogP contribution in [-0.4, -0.2) is 24.9 Å². The van der Waals surface area contributed by atoms with Gasteiger partial charge in [-0.05, 0) is 24.5 Å². The van der Waals surface area contributed by atoms with E-state index >= 15 is 0 Å². The molecule has 0 saturated heterocycles. The van der Waals surface area contributed by atoms with Crippen LogP contribution in [0.5, 0.6) is 0 Å². The average molecular weight is 359 g/mol. The number of aryl methyl sites for hydroxylation is 1. The van der Waals surface area contributed by atoms with Crippen molar-refractivity contribution in [2.24, 2.45) is 5.92 Å². The second-order valence-electron chi connectivity index (χ2n) is 6.01. The van der Waals surface area contributed by atoms with Crippen LogP contribution in [0.15, 0.2) is 45.1 Å². The van der Waals surface area contributed by atoms with E-state index in [9.17, 15) is 0 Å². The van der Waals surface area contributed by atoms with Crippen molar-refractivity contribution in [3.63, 3.8) is 0 Å². The van der Waals surface area contributed by atoms with E-state index in [0.29, 0.717) is 35.7 Å². The summed E-state index contributed by atoms with van der Waals surface area (Å²) >= 11 is 1.50. The summed E-state index contributed by atoms with van der Waals surface area (Å²) in [4.78, 5) is 4.43. The number of rotatable bonds is 9. The molecule has 0 bridgehead atoms. The van der Waals surface area contributed by atoms with Gasteiger partial charge in [0.15, 0.2) is 16.7 Å². The Morgan fingerprint density at radius 1 is 1.36 bits per heavy atom. The van der Waals surface area contributed by atoms with E-state index in [1.807, 2.05) is 16.7 Å². The lowest BCUT2D eigenvalue weighted by atomic mass is 10.1. The molecular formula is C17H21N5O2S. The molecule has 3 aromatic heterocycles. The molecule has 3 rings (SSSR count). The Hall–Kier alpha value is -2.35. The number of hydrogen-bond acceptors (Lipinski definition) is 7. The van der Waals surface area contributed by atoms with Crippen LogP contribution < -0.4 is 0 Å². The van der Waals surface area contributed by atoms with Crippen LogP contribution in [0.3, 0.4) is 0 Å². The normalized spacial score (nSPS) is 11.3. The van der Waals surface area contributed by atoms with Gasteiger partial charge in [0, 0.05) is 13.0 Å². The van der Waals surface area contributed by atoms with Gasteiger partial charge in [-0.25, -0.2) is 0 Å². The first-order valence-corrected chi connectivity index (χ1v) is 9.18. The fourth-order valence-electron chi connectivity index (χ4n) is 2.27. The third-order valence-electron chi connectivity index (χ3n) is 3.55. The molecule has 0 atom stereocenters. The molecule has 7 nitrogen and oxygen atoms in total. The summed E-state index contributed by atoms with van der Waals surface area (Å²) in [7, 11) is 0. The first-order valence-electron chi connectivity index (χ1n) is 8.19. The zero-order valence-corrected chi connectivity index (χ0v) is 15.2. The van der Waals surface area contributed by atoms with Gasteiger partial charge in [-0.3, -0.25) is 4.57 Å². The molecule has 0 unspecified atom stereocenters. The highest BCUT2D eigenvalue weighted by Crippen LogP contribution is 2.26. The molecule has 3 heterocycles. The number of nitrogens with zero attached hydrogens (tertiary/aromatic N) is 5. The van der Waals surface area contributed by atoms with E-state index in [1.54, 1.807) is 12.3 Å². The van der Waals surface area contributed by atoms with E-state index in [0.717, 1.165) is 23.8 Å². The van der Waals surface area contributed by atoms with Crippen molar-refractivity contribution in [1.82, 2.24) is 24.9 Å². The monoisotopic (exact) mass is 359 g/mol. The van der Waals surface area contributed by atoms with Crippen molar-refractivity contribution >= 4 is 11.8 Å². The smallest absolute Gasteiger partial charge is 0.237 e. The second kappa shape index (κ2) is 8.15. The van der Waals surface area contributed by atoms with Crippen molar-refractivity contribution in [2.45, 2.75) is 44.1 Å². The van der Waals surface area contributed by atoms with Gasteiger partial charge in [-0.1, -0.05) is 36.8 Å². The van der Waals surface area contributed by atoms with Crippen LogP contribution in [0.1, 0.15) is 32.0 Å². The van der Waals surface area contributed by atoms with Gasteiger partial charge in [-0.2, -0.15) is 4.98 Å². The Balaban J connectivity index is 1.68. The summed E-state index contributed by atoms with van der Waals surface area (Å²) in [6.45, 7) is 8.75. The van der Waals surface area contributed by atoms with Crippen LogP contribution in [0.25, 0.3) is 11.6 Å². The third kappa shape index (κ3) is 4.39. The predicted molar refractivity (Wildman–Crippen MR) is 94.9 cm³/mol. The van der Waals surface area contributed by atoms with Crippen LogP contribution in [0, 0.1) is 5.92 Å². The lowest BCUT2D eigenvalue weighted by Gasteiger charge is -2.04. The maximum atomic E-state index is 5.42. The number of aromatic nitrogens is 5. The Morgan fingerprint density at radius 3 is 2.96 bits per heavy atom. The summed E-state index contributed by atoms with van der Waals surface area (Å²) in [5.74, 6) is 3.87. The first-order chi connectivity index (χ1) is 12.2. The minimum absolute atomic E-state index is 0.544. The maximum absolute atomic E-state index is 5.42. The number of hydrogen-bond donors (Lipinski definition) is 0. The number of furan rings is 1. The maximum Gasteiger partial charge on any atom is 0.237 e. The van der Waals surface area contributed by atoms with Crippen molar-refractivity contribution in [2.75, 3.05) is 0 Å².